The average Bonchev–Trinajstić information content (AvgIpc) is 2.42. The second-order valence-corrected chi connectivity index (χ2v) is 7.46. The predicted molar refractivity (Wildman–Crippen MR) is 88.8 cm³/mol. The van der Waals surface area contributed by atoms with E-state index in [0.29, 0.717) is 11.0 Å². The van der Waals surface area contributed by atoms with E-state index in [1.807, 2.05) is 19.1 Å². The molecule has 0 atom stereocenters. The summed E-state index contributed by atoms with van der Waals surface area (Å²) in [5.74, 6) is 0. The second kappa shape index (κ2) is 6.28. The Morgan fingerprint density at radius 3 is 2.30 bits per heavy atom. The number of benzene rings is 2. The molecule has 106 valence electrons. The Balaban J connectivity index is 2.30. The van der Waals surface area contributed by atoms with Crippen LogP contribution in [0.3, 0.4) is 0 Å². The van der Waals surface area contributed by atoms with Crippen molar-refractivity contribution in [1.29, 1.82) is 0 Å². The van der Waals surface area contributed by atoms with Crippen molar-refractivity contribution in [2.45, 2.75) is 17.1 Å². The summed E-state index contributed by atoms with van der Waals surface area (Å²) in [5.41, 5.74) is 2.61. The normalized spacial score (nSPS) is 11.3. The van der Waals surface area contributed by atoms with Gasteiger partial charge in [0.05, 0.1) is 10.6 Å². The maximum atomic E-state index is 12.3. The predicted octanol–water partition coefficient (Wildman–Crippen LogP) is 4.45. The summed E-state index contributed by atoms with van der Waals surface area (Å²) in [6.07, 6.45) is 0. The number of alkyl halides is 1. The quantitative estimate of drug-likeness (QED) is 0.745. The number of hydrogen-bond donors (Lipinski definition) is 1. The van der Waals surface area contributed by atoms with Crippen LogP contribution in [0.1, 0.15) is 11.1 Å². The first kappa shape index (κ1) is 15.5. The third kappa shape index (κ3) is 3.62. The summed E-state index contributed by atoms with van der Waals surface area (Å²) >= 11 is 6.69. The number of aryl methyl sites for hydroxylation is 1. The monoisotopic (exact) mass is 417 g/mol. The maximum absolute atomic E-state index is 12.3. The molecule has 2 aromatic rings. The van der Waals surface area contributed by atoms with Crippen LogP contribution in [-0.4, -0.2) is 8.42 Å². The van der Waals surface area contributed by atoms with E-state index in [4.69, 9.17) is 0 Å². The summed E-state index contributed by atoms with van der Waals surface area (Å²) in [5, 5.41) is 0.699. The van der Waals surface area contributed by atoms with E-state index in [0.717, 1.165) is 15.6 Å². The molecule has 20 heavy (non-hydrogen) atoms. The SMILES string of the molecule is Cc1ccc(NS(=O)(=O)c2ccc(CBr)cc2)c(Br)c1. The molecule has 2 rings (SSSR count). The zero-order chi connectivity index (χ0) is 14.8. The highest BCUT2D eigenvalue weighted by molar-refractivity contribution is 9.10. The molecule has 0 unspecified atom stereocenters. The minimum absolute atomic E-state index is 0.245. The first-order valence-electron chi connectivity index (χ1n) is 5.86. The fourth-order valence-electron chi connectivity index (χ4n) is 1.66. The Bertz CT molecular complexity index is 712. The van der Waals surface area contributed by atoms with Gasteiger partial charge in [-0.2, -0.15) is 0 Å². The fraction of sp³-hybridized carbons (Fsp3) is 0.143. The van der Waals surface area contributed by atoms with E-state index < -0.39 is 10.0 Å². The van der Waals surface area contributed by atoms with Gasteiger partial charge >= 0.3 is 0 Å². The molecular formula is C14H13Br2NO2S. The summed E-state index contributed by atoms with van der Waals surface area (Å²) in [6.45, 7) is 1.95. The zero-order valence-electron chi connectivity index (χ0n) is 10.7. The van der Waals surface area contributed by atoms with Crippen LogP contribution in [0.25, 0.3) is 0 Å². The molecule has 0 saturated heterocycles. The molecule has 0 radical (unpaired) electrons. The Kier molecular flexibility index (Phi) is 4.88. The van der Waals surface area contributed by atoms with Gasteiger partial charge in [0.15, 0.2) is 0 Å². The minimum Gasteiger partial charge on any atom is -0.278 e. The maximum Gasteiger partial charge on any atom is 0.261 e. The largest absolute Gasteiger partial charge is 0.278 e. The first-order valence-corrected chi connectivity index (χ1v) is 9.26. The molecule has 0 spiro atoms. The van der Waals surface area contributed by atoms with Crippen molar-refractivity contribution in [2.75, 3.05) is 4.72 Å². The highest BCUT2D eigenvalue weighted by Gasteiger charge is 2.15. The van der Waals surface area contributed by atoms with Crippen molar-refractivity contribution in [2.24, 2.45) is 0 Å². The highest BCUT2D eigenvalue weighted by atomic mass is 79.9. The summed E-state index contributed by atoms with van der Waals surface area (Å²) in [4.78, 5) is 0.245. The molecular weight excluding hydrogens is 406 g/mol. The van der Waals surface area contributed by atoms with Crippen molar-refractivity contribution >= 4 is 47.6 Å². The van der Waals surface area contributed by atoms with Crippen LogP contribution in [0, 0.1) is 6.92 Å². The van der Waals surface area contributed by atoms with Crippen molar-refractivity contribution in [3.63, 3.8) is 0 Å². The van der Waals surface area contributed by atoms with Crippen LogP contribution in [0.15, 0.2) is 51.8 Å². The van der Waals surface area contributed by atoms with Crippen LogP contribution in [0.4, 0.5) is 5.69 Å². The van der Waals surface area contributed by atoms with E-state index in [1.54, 1.807) is 30.3 Å². The summed E-state index contributed by atoms with van der Waals surface area (Å²) in [7, 11) is -3.57. The standard InChI is InChI=1S/C14H13Br2NO2S/c1-10-2-7-14(13(16)8-10)17-20(18,19)12-5-3-11(9-15)4-6-12/h2-8,17H,9H2,1H3. The van der Waals surface area contributed by atoms with Gasteiger partial charge in [0.2, 0.25) is 0 Å². The van der Waals surface area contributed by atoms with Crippen molar-refractivity contribution < 1.29 is 8.42 Å². The minimum atomic E-state index is -3.57. The number of hydrogen-bond acceptors (Lipinski definition) is 2. The van der Waals surface area contributed by atoms with E-state index in [-0.39, 0.29) is 4.90 Å². The Morgan fingerprint density at radius 2 is 1.75 bits per heavy atom. The van der Waals surface area contributed by atoms with Crippen LogP contribution < -0.4 is 4.72 Å². The zero-order valence-corrected chi connectivity index (χ0v) is 14.7. The number of anilines is 1. The van der Waals surface area contributed by atoms with Gasteiger partial charge in [0, 0.05) is 9.80 Å². The summed E-state index contributed by atoms with van der Waals surface area (Å²) in [6, 6.07) is 12.2. The van der Waals surface area contributed by atoms with Gasteiger partial charge in [0.25, 0.3) is 10.0 Å². The highest BCUT2D eigenvalue weighted by Crippen LogP contribution is 2.26. The smallest absolute Gasteiger partial charge is 0.261 e. The molecule has 2 aromatic carbocycles. The fourth-order valence-corrected chi connectivity index (χ4v) is 3.84. The van der Waals surface area contributed by atoms with Gasteiger partial charge in [0.1, 0.15) is 0 Å². The summed E-state index contributed by atoms with van der Waals surface area (Å²) < 4.78 is 27.9. The lowest BCUT2D eigenvalue weighted by Gasteiger charge is -2.10. The topological polar surface area (TPSA) is 46.2 Å². The van der Waals surface area contributed by atoms with E-state index in [2.05, 4.69) is 36.6 Å². The number of halogens is 2. The lowest BCUT2D eigenvalue weighted by molar-refractivity contribution is 0.601. The molecule has 0 aliphatic heterocycles. The average molecular weight is 419 g/mol. The molecule has 6 heteroatoms. The molecule has 0 amide bonds. The van der Waals surface area contributed by atoms with Gasteiger partial charge in [-0.25, -0.2) is 8.42 Å². The molecule has 0 aliphatic rings. The van der Waals surface area contributed by atoms with Crippen LogP contribution in [0.5, 0.6) is 0 Å². The molecule has 0 bridgehead atoms. The lowest BCUT2D eigenvalue weighted by Crippen LogP contribution is -2.13. The van der Waals surface area contributed by atoms with Gasteiger partial charge in [-0.15, -0.1) is 0 Å². The third-order valence-electron chi connectivity index (χ3n) is 2.76. The lowest BCUT2D eigenvalue weighted by atomic mass is 10.2. The van der Waals surface area contributed by atoms with E-state index in [1.165, 1.54) is 0 Å². The Hall–Kier alpha value is -0.850. The number of sulfonamides is 1. The van der Waals surface area contributed by atoms with Gasteiger partial charge in [-0.1, -0.05) is 34.1 Å². The Morgan fingerprint density at radius 1 is 1.10 bits per heavy atom. The molecule has 0 saturated carbocycles. The molecule has 0 aliphatic carbocycles. The van der Waals surface area contributed by atoms with Gasteiger partial charge in [-0.3, -0.25) is 4.72 Å². The van der Waals surface area contributed by atoms with Crippen molar-refractivity contribution in [1.82, 2.24) is 0 Å². The molecule has 0 fully saturated rings. The van der Waals surface area contributed by atoms with Crippen LogP contribution >= 0.6 is 31.9 Å². The van der Waals surface area contributed by atoms with E-state index >= 15 is 0 Å². The van der Waals surface area contributed by atoms with Gasteiger partial charge < -0.3 is 0 Å². The van der Waals surface area contributed by atoms with Crippen molar-refractivity contribution in [3.8, 4) is 0 Å². The van der Waals surface area contributed by atoms with Gasteiger partial charge in [-0.05, 0) is 58.2 Å². The molecule has 1 N–H and O–H groups in total. The number of rotatable bonds is 4. The van der Waals surface area contributed by atoms with E-state index in [9.17, 15) is 8.42 Å². The molecule has 0 heterocycles. The molecule has 0 aromatic heterocycles. The Labute approximate surface area is 135 Å². The van der Waals surface area contributed by atoms with Crippen LogP contribution in [0.2, 0.25) is 0 Å². The number of nitrogens with one attached hydrogen (secondary N) is 1. The first-order chi connectivity index (χ1) is 9.42. The third-order valence-corrected chi connectivity index (χ3v) is 5.44. The van der Waals surface area contributed by atoms with Crippen molar-refractivity contribution in [3.05, 3.63) is 58.1 Å². The second-order valence-electron chi connectivity index (χ2n) is 4.37. The molecule has 3 nitrogen and oxygen atoms in total. The van der Waals surface area contributed by atoms with Crippen LogP contribution in [-0.2, 0) is 15.4 Å².